The molecule has 0 aliphatic rings. The van der Waals surface area contributed by atoms with E-state index in [1.165, 1.54) is 167 Å². The summed E-state index contributed by atoms with van der Waals surface area (Å²) in [5.74, 6) is -0.603. The van der Waals surface area contributed by atoms with Crippen LogP contribution in [0.5, 0.6) is 0 Å². The van der Waals surface area contributed by atoms with Gasteiger partial charge in [-0.2, -0.15) is 0 Å². The minimum Gasteiger partial charge on any atom is -0.462 e. The largest absolute Gasteiger partial charge is 0.462 e. The van der Waals surface area contributed by atoms with Gasteiger partial charge in [0.2, 0.25) is 0 Å². The number of hydrogen-bond acceptors (Lipinski definition) is 5. The molecule has 0 saturated heterocycles. The summed E-state index contributed by atoms with van der Waals surface area (Å²) >= 11 is 0. The maximum absolute atomic E-state index is 12.3. The lowest BCUT2D eigenvalue weighted by Gasteiger charge is -2.15. The summed E-state index contributed by atoms with van der Waals surface area (Å²) in [6, 6.07) is 0. The lowest BCUT2D eigenvalue weighted by Crippen LogP contribution is -2.28. The predicted octanol–water partition coefficient (Wildman–Crippen LogP) is 23.5. The van der Waals surface area contributed by atoms with Gasteiger partial charge in [0.15, 0.2) is 6.10 Å². The molecule has 0 aliphatic carbocycles. The van der Waals surface area contributed by atoms with E-state index >= 15 is 0 Å². The smallest absolute Gasteiger partial charge is 0.306 e. The average Bonchev–Trinajstić information content (AvgIpc) is 3.46. The van der Waals surface area contributed by atoms with Gasteiger partial charge in [-0.1, -0.05) is 321 Å². The lowest BCUT2D eigenvalue weighted by molar-refractivity contribution is -0.161. The Labute approximate surface area is 496 Å². The minimum absolute atomic E-state index is 0.0755. The maximum Gasteiger partial charge on any atom is 0.306 e. The van der Waals surface area contributed by atoms with Gasteiger partial charge in [-0.15, -0.1) is 0 Å². The van der Waals surface area contributed by atoms with E-state index < -0.39 is 6.10 Å². The summed E-state index contributed by atoms with van der Waals surface area (Å²) in [4.78, 5) is 24.6. The van der Waals surface area contributed by atoms with Crippen molar-refractivity contribution in [2.24, 2.45) is 0 Å². The van der Waals surface area contributed by atoms with Crippen LogP contribution in [0.1, 0.15) is 309 Å². The van der Waals surface area contributed by atoms with Crippen LogP contribution < -0.4 is 0 Å². The third kappa shape index (κ3) is 66.6. The quantitative estimate of drug-likeness (QED) is 0.0373. The number of esters is 2. The molecule has 0 saturated carbocycles. The van der Waals surface area contributed by atoms with E-state index in [9.17, 15) is 14.7 Å². The molecule has 1 N–H and O–H groups in total. The molecule has 456 valence electrons. The number of hydrogen-bond donors (Lipinski definition) is 1. The van der Waals surface area contributed by atoms with Crippen LogP contribution in [0.25, 0.3) is 0 Å². The molecule has 1 unspecified atom stereocenters. The van der Waals surface area contributed by atoms with Crippen molar-refractivity contribution in [3.8, 4) is 0 Å². The van der Waals surface area contributed by atoms with E-state index in [4.69, 9.17) is 9.47 Å². The molecule has 0 bridgehead atoms. The van der Waals surface area contributed by atoms with Gasteiger partial charge in [0.1, 0.15) is 6.61 Å². The Morgan fingerprint density at radius 3 is 0.750 bits per heavy atom. The summed E-state index contributed by atoms with van der Waals surface area (Å²) in [6.45, 7) is 3.92. The zero-order chi connectivity index (χ0) is 57.6. The number of unbranched alkanes of at least 4 members (excludes halogenated alkanes) is 31. The van der Waals surface area contributed by atoms with Crippen LogP contribution in [-0.4, -0.2) is 36.4 Å². The van der Waals surface area contributed by atoms with E-state index in [1.54, 1.807) is 0 Å². The number of allylic oxidation sites excluding steroid dienone is 22. The Morgan fingerprint density at radius 2 is 0.500 bits per heavy atom. The normalized spacial score (nSPS) is 13.1. The second-order valence-electron chi connectivity index (χ2n) is 22.1. The van der Waals surface area contributed by atoms with E-state index in [0.717, 1.165) is 116 Å². The summed E-state index contributed by atoms with van der Waals surface area (Å²) in [6.07, 6.45) is 103. The van der Waals surface area contributed by atoms with Gasteiger partial charge in [0.05, 0.1) is 6.61 Å². The summed E-state index contributed by atoms with van der Waals surface area (Å²) < 4.78 is 10.7. The molecular weight excluding hydrogens is 981 g/mol. The first-order chi connectivity index (χ1) is 39.6. The standard InChI is InChI=1S/C75H126O5/c1-3-5-7-9-11-13-15-17-19-21-23-25-27-29-30-31-32-33-34-35-36-37-38-39-40-41-42-43-44-46-47-49-51-53-55-57-59-61-63-65-67-69-74(77)79-72-73(71-76)80-75(78)70-68-66-64-62-60-58-56-54-52-50-48-45-28-26-24-22-20-18-16-14-12-10-8-6-4-2/h5-8,11-14,17-20,23-26,29-30,45,48,52,54,73,76H,3-4,9-10,15-16,21-22,27-28,31-44,46-47,49-51,53,55-72H2,1-2H3/b7-5-,8-6-,13-11-,14-12-,19-17-,20-18-,25-23-,26-24-,30-29-,48-45-,54-52-. The monoisotopic (exact) mass is 1110 g/mol. The number of aliphatic hydroxyl groups excluding tert-OH is 1. The molecule has 5 nitrogen and oxygen atoms in total. The van der Waals surface area contributed by atoms with E-state index in [-0.39, 0.29) is 25.2 Å². The van der Waals surface area contributed by atoms with Crippen molar-refractivity contribution in [2.45, 2.75) is 315 Å². The van der Waals surface area contributed by atoms with Crippen molar-refractivity contribution in [2.75, 3.05) is 13.2 Å². The molecular formula is C75H126O5. The second kappa shape index (κ2) is 69.3. The Morgan fingerprint density at radius 1 is 0.287 bits per heavy atom. The first-order valence-corrected chi connectivity index (χ1v) is 33.7. The Kier molecular flexibility index (Phi) is 65.9. The molecule has 0 aromatic rings. The van der Waals surface area contributed by atoms with Gasteiger partial charge < -0.3 is 14.6 Å². The summed E-state index contributed by atoms with van der Waals surface area (Å²) in [5.41, 5.74) is 0. The third-order valence-electron chi connectivity index (χ3n) is 14.4. The van der Waals surface area contributed by atoms with Crippen LogP contribution in [0, 0.1) is 0 Å². The number of carbonyl (C=O) groups excluding carboxylic acids is 2. The number of aliphatic hydroxyl groups is 1. The lowest BCUT2D eigenvalue weighted by atomic mass is 10.0. The fourth-order valence-corrected chi connectivity index (χ4v) is 9.47. The first-order valence-electron chi connectivity index (χ1n) is 33.7. The van der Waals surface area contributed by atoms with Crippen LogP contribution in [0.4, 0.5) is 0 Å². The topological polar surface area (TPSA) is 72.8 Å². The zero-order valence-electron chi connectivity index (χ0n) is 52.3. The van der Waals surface area contributed by atoms with Crippen molar-refractivity contribution in [1.29, 1.82) is 0 Å². The molecule has 0 radical (unpaired) electrons. The van der Waals surface area contributed by atoms with Crippen LogP contribution in [0.3, 0.4) is 0 Å². The van der Waals surface area contributed by atoms with Crippen LogP contribution in [0.2, 0.25) is 0 Å². The molecule has 0 aliphatic heterocycles. The highest BCUT2D eigenvalue weighted by atomic mass is 16.6. The van der Waals surface area contributed by atoms with Crippen LogP contribution in [-0.2, 0) is 19.1 Å². The predicted molar refractivity (Wildman–Crippen MR) is 352 cm³/mol. The number of rotatable bonds is 61. The SMILES string of the molecule is CC/C=C\C/C=C\C/C=C\C/C=C\C/C=C\C/C=C\CCCCCCCCC(=O)OC(CO)COC(=O)CCCCCCCCCCCCCCCCCCCCCCCCCCC/C=C\C/C=C\C/C=C\C/C=C\C/C=C\CC. The highest BCUT2D eigenvalue weighted by Gasteiger charge is 2.16. The molecule has 5 heteroatoms. The Hall–Kier alpha value is -3.96. The summed E-state index contributed by atoms with van der Waals surface area (Å²) in [7, 11) is 0. The molecule has 0 fully saturated rings. The van der Waals surface area contributed by atoms with Crippen LogP contribution in [0.15, 0.2) is 134 Å². The van der Waals surface area contributed by atoms with Gasteiger partial charge in [-0.05, 0) is 109 Å². The fraction of sp³-hybridized carbons (Fsp3) is 0.680. The molecule has 0 amide bonds. The van der Waals surface area contributed by atoms with Crippen molar-refractivity contribution < 1.29 is 24.2 Å². The molecule has 0 rings (SSSR count). The second-order valence-corrected chi connectivity index (χ2v) is 22.1. The zero-order valence-corrected chi connectivity index (χ0v) is 52.3. The molecule has 0 spiro atoms. The van der Waals surface area contributed by atoms with Crippen molar-refractivity contribution in [3.05, 3.63) is 134 Å². The number of carbonyl (C=O) groups is 2. The Bertz CT molecular complexity index is 1630. The van der Waals surface area contributed by atoms with Gasteiger partial charge in [0.25, 0.3) is 0 Å². The molecule has 1 atom stereocenters. The van der Waals surface area contributed by atoms with Gasteiger partial charge in [-0.25, -0.2) is 0 Å². The highest BCUT2D eigenvalue weighted by molar-refractivity contribution is 5.70. The minimum atomic E-state index is -0.788. The van der Waals surface area contributed by atoms with Crippen LogP contribution >= 0.6 is 0 Å². The summed E-state index contributed by atoms with van der Waals surface area (Å²) in [5, 5.41) is 9.69. The molecule has 80 heavy (non-hydrogen) atoms. The molecule has 0 aromatic carbocycles. The third-order valence-corrected chi connectivity index (χ3v) is 14.4. The van der Waals surface area contributed by atoms with Gasteiger partial charge >= 0.3 is 11.9 Å². The van der Waals surface area contributed by atoms with Crippen molar-refractivity contribution in [3.63, 3.8) is 0 Å². The van der Waals surface area contributed by atoms with Gasteiger partial charge in [0, 0.05) is 12.8 Å². The number of ether oxygens (including phenoxy) is 2. The van der Waals surface area contributed by atoms with Gasteiger partial charge in [-0.3, -0.25) is 9.59 Å². The fourth-order valence-electron chi connectivity index (χ4n) is 9.47. The highest BCUT2D eigenvalue weighted by Crippen LogP contribution is 2.17. The maximum atomic E-state index is 12.3. The van der Waals surface area contributed by atoms with E-state index in [2.05, 4.69) is 148 Å². The molecule has 0 aromatic heterocycles. The van der Waals surface area contributed by atoms with E-state index in [0.29, 0.717) is 12.8 Å². The van der Waals surface area contributed by atoms with Crippen molar-refractivity contribution in [1.82, 2.24) is 0 Å². The first kappa shape index (κ1) is 76.0. The molecule has 0 heterocycles. The van der Waals surface area contributed by atoms with Crippen molar-refractivity contribution >= 4 is 11.9 Å². The van der Waals surface area contributed by atoms with E-state index in [1.807, 2.05) is 0 Å². The Balaban J connectivity index is 3.46. The average molecular weight is 1110 g/mol.